The number of benzene rings is 1. The zero-order valence-electron chi connectivity index (χ0n) is 11.8. The van der Waals surface area contributed by atoms with Crippen LogP contribution in [0.25, 0.3) is 22.4 Å². The minimum absolute atomic E-state index is 0.274. The van der Waals surface area contributed by atoms with E-state index in [0.717, 1.165) is 24.5 Å². The number of nitrogens with one attached hydrogen (secondary N) is 1. The SMILES string of the molecule is CNc1cc(-c2nc3cc(F)c(F)cc3n2C2CC2)cnn1. The molecule has 0 atom stereocenters. The van der Waals surface area contributed by atoms with Gasteiger partial charge in [0.05, 0.1) is 17.2 Å². The smallest absolute Gasteiger partial charge is 0.161 e. The molecule has 0 aliphatic heterocycles. The topological polar surface area (TPSA) is 55.6 Å². The van der Waals surface area contributed by atoms with Gasteiger partial charge in [-0.1, -0.05) is 0 Å². The lowest BCUT2D eigenvalue weighted by Crippen LogP contribution is -2.00. The van der Waals surface area contributed by atoms with Crippen LogP contribution in [0.2, 0.25) is 0 Å². The van der Waals surface area contributed by atoms with Crippen molar-refractivity contribution in [2.75, 3.05) is 12.4 Å². The Labute approximate surface area is 125 Å². The number of hydrogen-bond acceptors (Lipinski definition) is 4. The fourth-order valence-corrected chi connectivity index (χ4v) is 2.61. The van der Waals surface area contributed by atoms with Crippen LogP contribution in [0.3, 0.4) is 0 Å². The molecule has 2 heterocycles. The quantitative estimate of drug-likeness (QED) is 0.807. The summed E-state index contributed by atoms with van der Waals surface area (Å²) >= 11 is 0. The molecule has 5 nitrogen and oxygen atoms in total. The van der Waals surface area contributed by atoms with E-state index in [1.165, 1.54) is 6.07 Å². The Kier molecular flexibility index (Phi) is 2.82. The molecule has 7 heteroatoms. The van der Waals surface area contributed by atoms with Crippen LogP contribution in [0.15, 0.2) is 24.4 Å². The molecule has 1 fully saturated rings. The minimum Gasteiger partial charge on any atom is -0.372 e. The van der Waals surface area contributed by atoms with E-state index in [2.05, 4.69) is 20.5 Å². The van der Waals surface area contributed by atoms with E-state index in [0.29, 0.717) is 22.7 Å². The van der Waals surface area contributed by atoms with Crippen molar-refractivity contribution in [2.45, 2.75) is 18.9 Å². The van der Waals surface area contributed by atoms with Crippen molar-refractivity contribution in [3.8, 4) is 11.4 Å². The molecule has 0 radical (unpaired) electrons. The standard InChI is InChI=1S/C15H13F2N5/c1-18-14-4-8(7-19-21-14)15-20-12-5-10(16)11(17)6-13(12)22(15)9-2-3-9/h4-7,9H,2-3H2,1H3,(H,18,21). The second kappa shape index (κ2) is 4.72. The van der Waals surface area contributed by atoms with Gasteiger partial charge in [-0.3, -0.25) is 0 Å². The van der Waals surface area contributed by atoms with Gasteiger partial charge in [-0.15, -0.1) is 5.10 Å². The predicted molar refractivity (Wildman–Crippen MR) is 78.5 cm³/mol. The lowest BCUT2D eigenvalue weighted by Gasteiger charge is -2.08. The molecule has 1 N–H and O–H groups in total. The van der Waals surface area contributed by atoms with E-state index in [4.69, 9.17) is 0 Å². The molecule has 4 rings (SSSR count). The average molecular weight is 301 g/mol. The number of fused-ring (bicyclic) bond motifs is 1. The van der Waals surface area contributed by atoms with Crippen LogP contribution < -0.4 is 5.32 Å². The van der Waals surface area contributed by atoms with Crippen LogP contribution in [0, 0.1) is 11.6 Å². The average Bonchev–Trinajstić information content (AvgIpc) is 3.30. The summed E-state index contributed by atoms with van der Waals surface area (Å²) in [4.78, 5) is 4.48. The van der Waals surface area contributed by atoms with Gasteiger partial charge in [0.1, 0.15) is 11.6 Å². The second-order valence-electron chi connectivity index (χ2n) is 5.37. The van der Waals surface area contributed by atoms with Gasteiger partial charge in [0.2, 0.25) is 0 Å². The molecule has 0 saturated heterocycles. The van der Waals surface area contributed by atoms with Gasteiger partial charge in [-0.2, -0.15) is 5.10 Å². The number of halogens is 2. The summed E-state index contributed by atoms with van der Waals surface area (Å²) in [6.07, 6.45) is 3.62. The van der Waals surface area contributed by atoms with Crippen LogP contribution in [0.1, 0.15) is 18.9 Å². The Morgan fingerprint density at radius 2 is 1.95 bits per heavy atom. The van der Waals surface area contributed by atoms with Crippen LogP contribution in [-0.4, -0.2) is 26.8 Å². The number of rotatable bonds is 3. The van der Waals surface area contributed by atoms with Gasteiger partial charge in [0.25, 0.3) is 0 Å². The van der Waals surface area contributed by atoms with Gasteiger partial charge in [-0.05, 0) is 18.9 Å². The van der Waals surface area contributed by atoms with E-state index >= 15 is 0 Å². The molecule has 0 spiro atoms. The summed E-state index contributed by atoms with van der Waals surface area (Å²) in [5, 5.41) is 10.8. The monoisotopic (exact) mass is 301 g/mol. The predicted octanol–water partition coefficient (Wildman–Crippen LogP) is 3.15. The van der Waals surface area contributed by atoms with E-state index < -0.39 is 11.6 Å². The molecule has 0 bridgehead atoms. The van der Waals surface area contributed by atoms with Gasteiger partial charge in [-0.25, -0.2) is 13.8 Å². The highest BCUT2D eigenvalue weighted by molar-refractivity contribution is 5.81. The van der Waals surface area contributed by atoms with E-state index in [1.54, 1.807) is 13.2 Å². The number of hydrogen-bond donors (Lipinski definition) is 1. The summed E-state index contributed by atoms with van der Waals surface area (Å²) in [6.45, 7) is 0. The highest BCUT2D eigenvalue weighted by Gasteiger charge is 2.29. The van der Waals surface area contributed by atoms with Crippen molar-refractivity contribution in [1.82, 2.24) is 19.7 Å². The summed E-state index contributed by atoms with van der Waals surface area (Å²) < 4.78 is 29.0. The molecule has 3 aromatic rings. The molecule has 1 aromatic carbocycles. The van der Waals surface area contributed by atoms with Gasteiger partial charge in [0.15, 0.2) is 11.6 Å². The summed E-state index contributed by atoms with van der Waals surface area (Å²) in [5.74, 6) is -0.467. The molecule has 1 aliphatic rings. The van der Waals surface area contributed by atoms with E-state index in [-0.39, 0.29) is 6.04 Å². The Morgan fingerprint density at radius 1 is 1.18 bits per heavy atom. The molecular weight excluding hydrogens is 288 g/mol. The normalized spacial score (nSPS) is 14.5. The Balaban J connectivity index is 1.98. The van der Waals surface area contributed by atoms with E-state index in [1.807, 2.05) is 10.6 Å². The van der Waals surface area contributed by atoms with Crippen LogP contribution >= 0.6 is 0 Å². The van der Waals surface area contributed by atoms with Crippen molar-refractivity contribution in [2.24, 2.45) is 0 Å². The van der Waals surface area contributed by atoms with Crippen LogP contribution in [-0.2, 0) is 0 Å². The molecule has 112 valence electrons. The third kappa shape index (κ3) is 2.01. The first-order valence-corrected chi connectivity index (χ1v) is 7.05. The number of imidazole rings is 1. The van der Waals surface area contributed by atoms with Crippen molar-refractivity contribution >= 4 is 16.9 Å². The lowest BCUT2D eigenvalue weighted by molar-refractivity contribution is 0.510. The summed E-state index contributed by atoms with van der Waals surface area (Å²) in [6, 6.07) is 4.45. The van der Waals surface area contributed by atoms with Crippen molar-refractivity contribution < 1.29 is 8.78 Å². The maximum absolute atomic E-state index is 13.6. The van der Waals surface area contributed by atoms with Crippen LogP contribution in [0.4, 0.5) is 14.6 Å². The number of nitrogens with zero attached hydrogens (tertiary/aromatic N) is 4. The van der Waals surface area contributed by atoms with Crippen LogP contribution in [0.5, 0.6) is 0 Å². The summed E-state index contributed by atoms with van der Waals surface area (Å²) in [7, 11) is 1.75. The molecular formula is C15H13F2N5. The van der Waals surface area contributed by atoms with E-state index in [9.17, 15) is 8.78 Å². The number of aromatic nitrogens is 4. The van der Waals surface area contributed by atoms with Gasteiger partial charge < -0.3 is 9.88 Å². The third-order valence-corrected chi connectivity index (χ3v) is 3.81. The largest absolute Gasteiger partial charge is 0.372 e. The zero-order chi connectivity index (χ0) is 15.3. The Bertz CT molecular complexity index is 870. The Morgan fingerprint density at radius 3 is 2.68 bits per heavy atom. The molecule has 0 amide bonds. The first-order chi connectivity index (χ1) is 10.7. The first-order valence-electron chi connectivity index (χ1n) is 7.05. The highest BCUT2D eigenvalue weighted by Crippen LogP contribution is 2.41. The minimum atomic E-state index is -0.886. The maximum Gasteiger partial charge on any atom is 0.161 e. The van der Waals surface area contributed by atoms with Crippen molar-refractivity contribution in [3.63, 3.8) is 0 Å². The van der Waals surface area contributed by atoms with Crippen molar-refractivity contribution in [1.29, 1.82) is 0 Å². The maximum atomic E-state index is 13.6. The second-order valence-corrected chi connectivity index (χ2v) is 5.37. The first kappa shape index (κ1) is 13.1. The summed E-state index contributed by atoms with van der Waals surface area (Å²) in [5.41, 5.74) is 1.83. The molecule has 22 heavy (non-hydrogen) atoms. The fourth-order valence-electron chi connectivity index (χ4n) is 2.61. The molecule has 1 saturated carbocycles. The molecule has 2 aromatic heterocycles. The van der Waals surface area contributed by atoms with Gasteiger partial charge in [0, 0.05) is 30.8 Å². The van der Waals surface area contributed by atoms with Gasteiger partial charge >= 0.3 is 0 Å². The molecule has 1 aliphatic carbocycles. The molecule has 0 unspecified atom stereocenters. The zero-order valence-corrected chi connectivity index (χ0v) is 11.8. The fraction of sp³-hybridized carbons (Fsp3) is 0.267. The Hall–Kier alpha value is -2.57. The lowest BCUT2D eigenvalue weighted by atomic mass is 10.2. The van der Waals surface area contributed by atoms with Crippen molar-refractivity contribution in [3.05, 3.63) is 36.0 Å². The number of anilines is 1. The third-order valence-electron chi connectivity index (χ3n) is 3.81. The highest BCUT2D eigenvalue weighted by atomic mass is 19.2.